The van der Waals surface area contributed by atoms with Crippen molar-refractivity contribution in [1.29, 1.82) is 0 Å². The summed E-state index contributed by atoms with van der Waals surface area (Å²) >= 11 is 0. The van der Waals surface area contributed by atoms with Crippen LogP contribution in [0.1, 0.15) is 12.8 Å². The molecule has 1 fully saturated rings. The SMILES string of the molecule is O=c1ccncn1CC1CCN(c2ncccn2)CC1. The largest absolute Gasteiger partial charge is 0.341 e. The van der Waals surface area contributed by atoms with E-state index in [1.807, 2.05) is 6.07 Å². The van der Waals surface area contributed by atoms with Crippen molar-refractivity contribution in [2.45, 2.75) is 19.4 Å². The monoisotopic (exact) mass is 271 g/mol. The Morgan fingerprint density at radius 1 is 1.15 bits per heavy atom. The molecule has 1 aliphatic rings. The van der Waals surface area contributed by atoms with Crippen molar-refractivity contribution in [3.63, 3.8) is 0 Å². The molecule has 1 saturated heterocycles. The zero-order valence-electron chi connectivity index (χ0n) is 11.2. The first-order chi connectivity index (χ1) is 9.83. The summed E-state index contributed by atoms with van der Waals surface area (Å²) in [6, 6.07) is 3.33. The quantitative estimate of drug-likeness (QED) is 0.831. The molecule has 20 heavy (non-hydrogen) atoms. The minimum absolute atomic E-state index is 0.0221. The molecule has 0 amide bonds. The first-order valence-electron chi connectivity index (χ1n) is 6.85. The lowest BCUT2D eigenvalue weighted by atomic mass is 9.97. The van der Waals surface area contributed by atoms with E-state index in [4.69, 9.17) is 0 Å². The molecule has 3 rings (SSSR count). The molecule has 3 heterocycles. The molecule has 0 N–H and O–H groups in total. The Balaban J connectivity index is 1.59. The van der Waals surface area contributed by atoms with E-state index in [1.54, 1.807) is 23.3 Å². The second-order valence-electron chi connectivity index (χ2n) is 5.05. The fourth-order valence-corrected chi connectivity index (χ4v) is 2.56. The second-order valence-corrected chi connectivity index (χ2v) is 5.05. The molecule has 0 radical (unpaired) electrons. The van der Waals surface area contributed by atoms with Crippen LogP contribution < -0.4 is 10.5 Å². The highest BCUT2D eigenvalue weighted by Gasteiger charge is 2.21. The second kappa shape index (κ2) is 5.81. The van der Waals surface area contributed by atoms with Gasteiger partial charge in [0.15, 0.2) is 0 Å². The average Bonchev–Trinajstić information content (AvgIpc) is 2.51. The maximum atomic E-state index is 11.7. The molecule has 6 nitrogen and oxygen atoms in total. The van der Waals surface area contributed by atoms with Gasteiger partial charge in [0.25, 0.3) is 5.56 Å². The lowest BCUT2D eigenvalue weighted by molar-refractivity contribution is 0.349. The van der Waals surface area contributed by atoms with Crippen LogP contribution in [0.2, 0.25) is 0 Å². The van der Waals surface area contributed by atoms with E-state index in [1.165, 1.54) is 12.3 Å². The van der Waals surface area contributed by atoms with E-state index in [0.717, 1.165) is 38.4 Å². The van der Waals surface area contributed by atoms with Gasteiger partial charge in [0.1, 0.15) is 0 Å². The Bertz CT molecular complexity index is 604. The van der Waals surface area contributed by atoms with Gasteiger partial charge in [0.2, 0.25) is 5.95 Å². The third-order valence-corrected chi connectivity index (χ3v) is 3.70. The van der Waals surface area contributed by atoms with Gasteiger partial charge in [-0.25, -0.2) is 15.0 Å². The van der Waals surface area contributed by atoms with E-state index in [-0.39, 0.29) is 5.56 Å². The molecule has 0 unspecified atom stereocenters. The van der Waals surface area contributed by atoms with Crippen molar-refractivity contribution in [2.75, 3.05) is 18.0 Å². The van der Waals surface area contributed by atoms with E-state index < -0.39 is 0 Å². The molecule has 6 heteroatoms. The molecule has 1 aliphatic heterocycles. The van der Waals surface area contributed by atoms with Gasteiger partial charge in [-0.1, -0.05) is 0 Å². The molecular formula is C14H17N5O. The van der Waals surface area contributed by atoms with E-state index in [2.05, 4.69) is 19.9 Å². The van der Waals surface area contributed by atoms with E-state index >= 15 is 0 Å². The van der Waals surface area contributed by atoms with Crippen LogP contribution in [-0.4, -0.2) is 32.6 Å². The summed E-state index contributed by atoms with van der Waals surface area (Å²) in [6.45, 7) is 2.61. The molecule has 0 atom stereocenters. The summed E-state index contributed by atoms with van der Waals surface area (Å²) in [5.74, 6) is 1.31. The van der Waals surface area contributed by atoms with E-state index in [9.17, 15) is 4.79 Å². The third-order valence-electron chi connectivity index (χ3n) is 3.70. The number of piperidine rings is 1. The molecule has 2 aromatic rings. The zero-order valence-corrected chi connectivity index (χ0v) is 11.2. The van der Waals surface area contributed by atoms with Crippen molar-refractivity contribution >= 4 is 5.95 Å². The van der Waals surface area contributed by atoms with Crippen LogP contribution in [0, 0.1) is 5.92 Å². The highest BCUT2D eigenvalue weighted by Crippen LogP contribution is 2.21. The maximum absolute atomic E-state index is 11.7. The fraction of sp³-hybridized carbons (Fsp3) is 0.429. The number of nitrogens with zero attached hydrogens (tertiary/aromatic N) is 5. The van der Waals surface area contributed by atoms with Crippen LogP contribution in [0.3, 0.4) is 0 Å². The lowest BCUT2D eigenvalue weighted by Crippen LogP contribution is -2.37. The van der Waals surface area contributed by atoms with Crippen molar-refractivity contribution in [2.24, 2.45) is 5.92 Å². The predicted molar refractivity (Wildman–Crippen MR) is 75.5 cm³/mol. The minimum Gasteiger partial charge on any atom is -0.341 e. The smallest absolute Gasteiger partial charge is 0.253 e. The van der Waals surface area contributed by atoms with Crippen molar-refractivity contribution in [1.82, 2.24) is 19.5 Å². The standard InChI is InChI=1S/C14H17N5O/c20-13-2-7-15-11-19(13)10-12-3-8-18(9-4-12)14-16-5-1-6-17-14/h1-2,5-7,11-12H,3-4,8-10H2. The Hall–Kier alpha value is -2.24. The molecule has 2 aromatic heterocycles. The highest BCUT2D eigenvalue weighted by molar-refractivity contribution is 5.28. The van der Waals surface area contributed by atoms with Crippen LogP contribution in [0.5, 0.6) is 0 Å². The summed E-state index contributed by atoms with van der Waals surface area (Å²) in [6.07, 6.45) is 8.77. The van der Waals surface area contributed by atoms with Crippen LogP contribution in [-0.2, 0) is 6.54 Å². The highest BCUT2D eigenvalue weighted by atomic mass is 16.1. The van der Waals surface area contributed by atoms with Gasteiger partial charge in [-0.3, -0.25) is 9.36 Å². The van der Waals surface area contributed by atoms with Crippen molar-refractivity contribution < 1.29 is 0 Å². The number of rotatable bonds is 3. The molecule has 0 bridgehead atoms. The summed E-state index contributed by atoms with van der Waals surface area (Å²) in [5, 5.41) is 0. The van der Waals surface area contributed by atoms with E-state index in [0.29, 0.717) is 5.92 Å². The normalized spacial score (nSPS) is 16.3. The minimum atomic E-state index is 0.0221. The first-order valence-corrected chi connectivity index (χ1v) is 6.85. The van der Waals surface area contributed by atoms with Gasteiger partial charge in [-0.05, 0) is 24.8 Å². The number of hydrogen-bond acceptors (Lipinski definition) is 5. The summed E-state index contributed by atoms with van der Waals surface area (Å²) < 4.78 is 1.69. The van der Waals surface area contributed by atoms with Crippen molar-refractivity contribution in [3.05, 3.63) is 47.4 Å². The van der Waals surface area contributed by atoms with Crippen LogP contribution in [0.25, 0.3) is 0 Å². The van der Waals surface area contributed by atoms with Gasteiger partial charge in [0.05, 0.1) is 6.33 Å². The third kappa shape index (κ3) is 2.84. The topological polar surface area (TPSA) is 63.9 Å². The molecule has 0 aromatic carbocycles. The van der Waals surface area contributed by atoms with Gasteiger partial charge in [-0.2, -0.15) is 0 Å². The Labute approximate surface area is 117 Å². The molecule has 0 saturated carbocycles. The number of hydrogen-bond donors (Lipinski definition) is 0. The number of anilines is 1. The molecule has 0 aliphatic carbocycles. The predicted octanol–water partition coefficient (Wildman–Crippen LogP) is 0.950. The Morgan fingerprint density at radius 3 is 2.60 bits per heavy atom. The van der Waals surface area contributed by atoms with Gasteiger partial charge < -0.3 is 4.90 Å². The molecule has 0 spiro atoms. The van der Waals surface area contributed by atoms with Gasteiger partial charge in [-0.15, -0.1) is 0 Å². The van der Waals surface area contributed by atoms with Gasteiger partial charge >= 0.3 is 0 Å². The Kier molecular flexibility index (Phi) is 3.71. The lowest BCUT2D eigenvalue weighted by Gasteiger charge is -2.32. The van der Waals surface area contributed by atoms with Gasteiger partial charge in [0, 0.05) is 44.3 Å². The Morgan fingerprint density at radius 2 is 1.90 bits per heavy atom. The first kappa shape index (κ1) is 12.8. The van der Waals surface area contributed by atoms with Crippen LogP contribution in [0.4, 0.5) is 5.95 Å². The summed E-state index contributed by atoms with van der Waals surface area (Å²) in [7, 11) is 0. The maximum Gasteiger partial charge on any atom is 0.253 e. The van der Waals surface area contributed by atoms with Crippen LogP contribution in [0.15, 0.2) is 41.8 Å². The van der Waals surface area contributed by atoms with Crippen molar-refractivity contribution in [3.8, 4) is 0 Å². The summed E-state index contributed by atoms with van der Waals surface area (Å²) in [4.78, 5) is 26.4. The number of aromatic nitrogens is 4. The zero-order chi connectivity index (χ0) is 13.8. The summed E-state index contributed by atoms with van der Waals surface area (Å²) in [5.41, 5.74) is 0.0221. The molecular weight excluding hydrogens is 254 g/mol. The molecule has 104 valence electrons. The average molecular weight is 271 g/mol. The van der Waals surface area contributed by atoms with Crippen LogP contribution >= 0.6 is 0 Å². The fourth-order valence-electron chi connectivity index (χ4n) is 2.56.